The number of benzene rings is 1. The number of amides is 1. The van der Waals surface area contributed by atoms with Crippen LogP contribution in [0, 0.1) is 17.6 Å². The van der Waals surface area contributed by atoms with Gasteiger partial charge in [-0.25, -0.2) is 8.78 Å². The van der Waals surface area contributed by atoms with Gasteiger partial charge in [0.15, 0.2) is 11.6 Å². The Morgan fingerprint density at radius 3 is 2.52 bits per heavy atom. The Morgan fingerprint density at radius 2 is 1.91 bits per heavy atom. The highest BCUT2D eigenvalue weighted by molar-refractivity contribution is 5.97. The molecule has 1 aliphatic rings. The van der Waals surface area contributed by atoms with Crippen LogP contribution in [-0.4, -0.2) is 31.6 Å². The van der Waals surface area contributed by atoms with E-state index in [4.69, 9.17) is 4.74 Å². The Hall–Kier alpha value is -1.73. The standard InChI is InChI=1S/C16H23F2N3O2/c1-9-11(10(2)21-20-9)5-4-8-19-16(22)14-13(23-3)7-6-12(17)15(14)18/h6-7,9-11,20-21H,4-5,8H2,1-3H3,(H,19,22). The van der Waals surface area contributed by atoms with Crippen molar-refractivity contribution in [1.29, 1.82) is 0 Å². The van der Waals surface area contributed by atoms with Crippen LogP contribution in [0.2, 0.25) is 0 Å². The summed E-state index contributed by atoms with van der Waals surface area (Å²) in [4.78, 5) is 12.1. The van der Waals surface area contributed by atoms with E-state index >= 15 is 0 Å². The number of carbonyl (C=O) groups is 1. The van der Waals surface area contributed by atoms with Crippen LogP contribution < -0.4 is 20.9 Å². The average molecular weight is 327 g/mol. The summed E-state index contributed by atoms with van der Waals surface area (Å²) in [6.45, 7) is 4.60. The molecule has 1 aromatic carbocycles. The number of rotatable bonds is 6. The minimum absolute atomic E-state index is 0.0211. The molecule has 0 aromatic heterocycles. The minimum atomic E-state index is -1.19. The molecule has 2 unspecified atom stereocenters. The molecule has 0 bridgehead atoms. The first-order chi connectivity index (χ1) is 11.0. The molecule has 0 aliphatic carbocycles. The molecule has 7 heteroatoms. The first kappa shape index (κ1) is 17.6. The monoisotopic (exact) mass is 327 g/mol. The molecular formula is C16H23F2N3O2. The van der Waals surface area contributed by atoms with E-state index in [-0.39, 0.29) is 5.75 Å². The molecular weight excluding hydrogens is 304 g/mol. The molecule has 1 heterocycles. The molecule has 2 atom stereocenters. The van der Waals surface area contributed by atoms with Crippen LogP contribution >= 0.6 is 0 Å². The third-order valence-corrected chi connectivity index (χ3v) is 4.33. The van der Waals surface area contributed by atoms with Gasteiger partial charge in [-0.05, 0) is 44.7 Å². The number of nitrogens with one attached hydrogen (secondary N) is 3. The molecule has 1 aliphatic heterocycles. The first-order valence-electron chi connectivity index (χ1n) is 7.77. The molecule has 1 aromatic rings. The second kappa shape index (κ2) is 7.70. The zero-order valence-electron chi connectivity index (χ0n) is 13.6. The lowest BCUT2D eigenvalue weighted by Crippen LogP contribution is -2.30. The van der Waals surface area contributed by atoms with Crippen LogP contribution in [0.4, 0.5) is 8.78 Å². The Kier molecular flexibility index (Phi) is 5.90. The van der Waals surface area contributed by atoms with Gasteiger partial charge in [0.2, 0.25) is 0 Å². The maximum absolute atomic E-state index is 13.8. The highest BCUT2D eigenvalue weighted by Crippen LogP contribution is 2.24. The average Bonchev–Trinajstić information content (AvgIpc) is 2.85. The summed E-state index contributed by atoms with van der Waals surface area (Å²) >= 11 is 0. The molecule has 1 saturated heterocycles. The Morgan fingerprint density at radius 1 is 1.26 bits per heavy atom. The van der Waals surface area contributed by atoms with E-state index in [1.165, 1.54) is 13.2 Å². The smallest absolute Gasteiger partial charge is 0.258 e. The summed E-state index contributed by atoms with van der Waals surface area (Å²) in [6.07, 6.45) is 1.68. The molecule has 5 nitrogen and oxygen atoms in total. The molecule has 3 N–H and O–H groups in total. The molecule has 23 heavy (non-hydrogen) atoms. The van der Waals surface area contributed by atoms with Crippen LogP contribution in [0.5, 0.6) is 5.75 Å². The summed E-state index contributed by atoms with van der Waals surface area (Å²) < 4.78 is 32.1. The van der Waals surface area contributed by atoms with Gasteiger partial charge in [0.05, 0.1) is 7.11 Å². The van der Waals surface area contributed by atoms with Gasteiger partial charge in [0.25, 0.3) is 5.91 Å². The summed E-state index contributed by atoms with van der Waals surface area (Å²) in [6, 6.07) is 2.91. The van der Waals surface area contributed by atoms with Crippen molar-refractivity contribution >= 4 is 5.91 Å². The van der Waals surface area contributed by atoms with Gasteiger partial charge < -0.3 is 10.1 Å². The lowest BCUT2D eigenvalue weighted by Gasteiger charge is -2.17. The zero-order valence-corrected chi connectivity index (χ0v) is 13.6. The Bertz CT molecular complexity index is 559. The maximum atomic E-state index is 13.8. The Labute approximate surface area is 134 Å². The van der Waals surface area contributed by atoms with Crippen LogP contribution in [0.3, 0.4) is 0 Å². The SMILES string of the molecule is COc1ccc(F)c(F)c1C(=O)NCCCC1C(C)NNC1C. The largest absolute Gasteiger partial charge is 0.496 e. The number of ether oxygens (including phenoxy) is 1. The van der Waals surface area contributed by atoms with E-state index in [0.29, 0.717) is 24.5 Å². The van der Waals surface area contributed by atoms with Gasteiger partial charge in [-0.2, -0.15) is 0 Å². The molecule has 1 fully saturated rings. The number of hydrogen-bond donors (Lipinski definition) is 3. The number of carbonyl (C=O) groups excluding carboxylic acids is 1. The molecule has 0 spiro atoms. The summed E-state index contributed by atoms with van der Waals surface area (Å²) in [5.74, 6) is -2.43. The van der Waals surface area contributed by atoms with Crippen LogP contribution in [-0.2, 0) is 0 Å². The topological polar surface area (TPSA) is 62.4 Å². The highest BCUT2D eigenvalue weighted by Gasteiger charge is 2.29. The van der Waals surface area contributed by atoms with Crippen molar-refractivity contribution in [3.63, 3.8) is 0 Å². The zero-order chi connectivity index (χ0) is 17.0. The van der Waals surface area contributed by atoms with E-state index in [1.807, 2.05) is 0 Å². The third kappa shape index (κ3) is 3.97. The Balaban J connectivity index is 1.89. The molecule has 2 rings (SSSR count). The van der Waals surface area contributed by atoms with Crippen molar-refractivity contribution in [2.45, 2.75) is 38.8 Å². The van der Waals surface area contributed by atoms with Gasteiger partial charge in [-0.15, -0.1) is 0 Å². The van der Waals surface area contributed by atoms with Crippen molar-refractivity contribution < 1.29 is 18.3 Å². The lowest BCUT2D eigenvalue weighted by molar-refractivity contribution is 0.0944. The van der Waals surface area contributed by atoms with Crippen molar-refractivity contribution in [1.82, 2.24) is 16.2 Å². The summed E-state index contributed by atoms with van der Waals surface area (Å²) in [5, 5.41) is 2.63. The fourth-order valence-corrected chi connectivity index (χ4v) is 2.95. The fourth-order valence-electron chi connectivity index (χ4n) is 2.95. The summed E-state index contributed by atoms with van der Waals surface area (Å²) in [7, 11) is 1.31. The molecule has 0 radical (unpaired) electrons. The number of methoxy groups -OCH3 is 1. The first-order valence-corrected chi connectivity index (χ1v) is 7.77. The molecule has 0 saturated carbocycles. The number of halogens is 2. The van der Waals surface area contributed by atoms with E-state index in [9.17, 15) is 13.6 Å². The number of hydrogen-bond acceptors (Lipinski definition) is 4. The normalized spacial score (nSPS) is 23.8. The molecule has 128 valence electrons. The predicted molar refractivity (Wildman–Crippen MR) is 83.2 cm³/mol. The molecule has 1 amide bonds. The van der Waals surface area contributed by atoms with E-state index in [1.54, 1.807) is 0 Å². The van der Waals surface area contributed by atoms with Gasteiger partial charge in [0.1, 0.15) is 11.3 Å². The van der Waals surface area contributed by atoms with Gasteiger partial charge >= 0.3 is 0 Å². The highest BCUT2D eigenvalue weighted by atomic mass is 19.2. The van der Waals surface area contributed by atoms with Crippen LogP contribution in [0.15, 0.2) is 12.1 Å². The minimum Gasteiger partial charge on any atom is -0.496 e. The summed E-state index contributed by atoms with van der Waals surface area (Å²) in [5.41, 5.74) is 5.97. The quantitative estimate of drug-likeness (QED) is 0.699. The van der Waals surface area contributed by atoms with Crippen LogP contribution in [0.25, 0.3) is 0 Å². The third-order valence-electron chi connectivity index (χ3n) is 4.33. The van der Waals surface area contributed by atoms with Crippen molar-refractivity contribution in [2.24, 2.45) is 5.92 Å². The van der Waals surface area contributed by atoms with Gasteiger partial charge in [-0.1, -0.05) is 0 Å². The van der Waals surface area contributed by atoms with Crippen molar-refractivity contribution in [3.05, 3.63) is 29.3 Å². The second-order valence-corrected chi connectivity index (χ2v) is 5.87. The predicted octanol–water partition coefficient (Wildman–Crippen LogP) is 1.98. The second-order valence-electron chi connectivity index (χ2n) is 5.87. The van der Waals surface area contributed by atoms with Crippen molar-refractivity contribution in [3.8, 4) is 5.75 Å². The van der Waals surface area contributed by atoms with E-state index in [2.05, 4.69) is 30.0 Å². The fraction of sp³-hybridized carbons (Fsp3) is 0.562. The van der Waals surface area contributed by atoms with Crippen molar-refractivity contribution in [2.75, 3.05) is 13.7 Å². The van der Waals surface area contributed by atoms with Gasteiger partial charge in [0, 0.05) is 18.6 Å². The van der Waals surface area contributed by atoms with Crippen LogP contribution in [0.1, 0.15) is 37.0 Å². The number of hydrazine groups is 1. The van der Waals surface area contributed by atoms with Gasteiger partial charge in [-0.3, -0.25) is 15.6 Å². The maximum Gasteiger partial charge on any atom is 0.258 e. The van der Waals surface area contributed by atoms with E-state index < -0.39 is 23.1 Å². The van der Waals surface area contributed by atoms with E-state index in [0.717, 1.165) is 18.9 Å². The lowest BCUT2D eigenvalue weighted by atomic mass is 9.92.